The van der Waals surface area contributed by atoms with Crippen LogP contribution < -0.4 is 0 Å². The predicted octanol–water partition coefficient (Wildman–Crippen LogP) is 0.243. The Morgan fingerprint density at radius 1 is 1.05 bits per heavy atom. The van der Waals surface area contributed by atoms with Gasteiger partial charge in [-0.2, -0.15) is 0 Å². The first-order valence-electron chi connectivity index (χ1n) is 7.77. The van der Waals surface area contributed by atoms with Gasteiger partial charge in [-0.1, -0.05) is 20.8 Å². The molecule has 2 heterocycles. The van der Waals surface area contributed by atoms with E-state index in [2.05, 4.69) is 30.6 Å². The lowest BCUT2D eigenvalue weighted by Gasteiger charge is -2.39. The summed E-state index contributed by atoms with van der Waals surface area (Å²) in [4.78, 5) is 18.4. The Labute approximate surface area is 122 Å². The second kappa shape index (κ2) is 6.41. The molecule has 0 saturated carbocycles. The first-order chi connectivity index (χ1) is 9.36. The van der Waals surface area contributed by atoms with Crippen molar-refractivity contribution >= 4 is 5.91 Å². The van der Waals surface area contributed by atoms with Crippen molar-refractivity contribution in [3.05, 3.63) is 0 Å². The Kier molecular flexibility index (Phi) is 5.04. The zero-order valence-electron chi connectivity index (χ0n) is 13.1. The van der Waals surface area contributed by atoms with Crippen molar-refractivity contribution in [3.8, 4) is 0 Å². The molecule has 1 N–H and O–H groups in total. The highest BCUT2D eigenvalue weighted by molar-refractivity contribution is 5.78. The van der Waals surface area contributed by atoms with Crippen LogP contribution in [0.2, 0.25) is 0 Å². The lowest BCUT2D eigenvalue weighted by molar-refractivity contribution is -0.136. The molecule has 0 aliphatic carbocycles. The molecule has 0 unspecified atom stereocenters. The van der Waals surface area contributed by atoms with Crippen LogP contribution in [0.15, 0.2) is 0 Å². The van der Waals surface area contributed by atoms with Crippen LogP contribution in [0.1, 0.15) is 27.2 Å². The molecular weight excluding hydrogens is 254 g/mol. The van der Waals surface area contributed by atoms with E-state index in [4.69, 9.17) is 0 Å². The van der Waals surface area contributed by atoms with Crippen LogP contribution in [0.5, 0.6) is 0 Å². The first kappa shape index (κ1) is 15.7. The van der Waals surface area contributed by atoms with Crippen molar-refractivity contribution < 1.29 is 9.90 Å². The van der Waals surface area contributed by atoms with Crippen molar-refractivity contribution in [1.29, 1.82) is 0 Å². The zero-order valence-corrected chi connectivity index (χ0v) is 13.1. The number of rotatable bonds is 4. The second-order valence-corrected chi connectivity index (χ2v) is 7.19. The van der Waals surface area contributed by atoms with Crippen LogP contribution in [0, 0.1) is 5.41 Å². The number of nitrogens with zero attached hydrogens (tertiary/aromatic N) is 3. The average molecular weight is 283 g/mol. The number of aliphatic hydroxyl groups is 1. The molecule has 116 valence electrons. The molecule has 0 bridgehead atoms. The van der Waals surface area contributed by atoms with Crippen LogP contribution in [-0.4, -0.2) is 84.2 Å². The number of hydrogen-bond donors (Lipinski definition) is 1. The number of carbonyl (C=O) groups is 1. The van der Waals surface area contributed by atoms with Gasteiger partial charge in [-0.3, -0.25) is 14.6 Å². The standard InChI is InChI=1S/C15H29N3O2/c1-15(2,3)13(19)11-16-7-9-17(10-8-16)12-14(20)18-5-4-6-18/h13,19H,4-12H2,1-3H3/t13-/m1/s1. The Morgan fingerprint density at radius 2 is 1.60 bits per heavy atom. The van der Waals surface area contributed by atoms with Gasteiger partial charge in [0.25, 0.3) is 0 Å². The number of likely N-dealkylation sites (tertiary alicyclic amines) is 1. The van der Waals surface area contributed by atoms with Gasteiger partial charge < -0.3 is 10.0 Å². The molecule has 1 atom stereocenters. The predicted molar refractivity (Wildman–Crippen MR) is 79.5 cm³/mol. The van der Waals surface area contributed by atoms with E-state index in [1.165, 1.54) is 0 Å². The van der Waals surface area contributed by atoms with Crippen molar-refractivity contribution in [1.82, 2.24) is 14.7 Å². The Bertz CT molecular complexity index is 329. The van der Waals surface area contributed by atoms with Crippen LogP contribution >= 0.6 is 0 Å². The fourth-order valence-corrected chi connectivity index (χ4v) is 2.51. The lowest BCUT2D eigenvalue weighted by Crippen LogP contribution is -2.53. The molecule has 2 rings (SSSR count). The first-order valence-corrected chi connectivity index (χ1v) is 7.77. The number of hydrogen-bond acceptors (Lipinski definition) is 4. The van der Waals surface area contributed by atoms with Crippen LogP contribution in [0.3, 0.4) is 0 Å². The van der Waals surface area contributed by atoms with Crippen molar-refractivity contribution in [2.24, 2.45) is 5.41 Å². The Balaban J connectivity index is 1.68. The molecule has 2 saturated heterocycles. The molecule has 5 nitrogen and oxygen atoms in total. The maximum atomic E-state index is 11.9. The number of aliphatic hydroxyl groups excluding tert-OH is 1. The third kappa shape index (κ3) is 4.17. The summed E-state index contributed by atoms with van der Waals surface area (Å²) in [5.41, 5.74) is -0.0649. The van der Waals surface area contributed by atoms with Gasteiger partial charge in [-0.15, -0.1) is 0 Å². The highest BCUT2D eigenvalue weighted by atomic mass is 16.3. The zero-order chi connectivity index (χ0) is 14.8. The van der Waals surface area contributed by atoms with Gasteiger partial charge in [-0.25, -0.2) is 0 Å². The van der Waals surface area contributed by atoms with Gasteiger partial charge in [-0.05, 0) is 11.8 Å². The van der Waals surface area contributed by atoms with Crippen molar-refractivity contribution in [3.63, 3.8) is 0 Å². The minimum absolute atomic E-state index is 0.0649. The second-order valence-electron chi connectivity index (χ2n) is 7.19. The summed E-state index contributed by atoms with van der Waals surface area (Å²) in [6.07, 6.45) is 0.862. The van der Waals surface area contributed by atoms with E-state index in [-0.39, 0.29) is 17.4 Å². The molecule has 5 heteroatoms. The van der Waals surface area contributed by atoms with Gasteiger partial charge in [0.2, 0.25) is 5.91 Å². The topological polar surface area (TPSA) is 47.0 Å². The van der Waals surface area contributed by atoms with Crippen molar-refractivity contribution in [2.75, 3.05) is 52.4 Å². The van der Waals surface area contributed by atoms with Gasteiger partial charge in [0, 0.05) is 45.8 Å². The molecule has 1 amide bonds. The summed E-state index contributed by atoms with van der Waals surface area (Å²) in [6, 6.07) is 0. The third-order valence-corrected chi connectivity index (χ3v) is 4.46. The van der Waals surface area contributed by atoms with E-state index in [0.717, 1.165) is 52.2 Å². The maximum Gasteiger partial charge on any atom is 0.236 e. The van der Waals surface area contributed by atoms with Gasteiger partial charge >= 0.3 is 0 Å². The molecule has 2 aliphatic rings. The molecule has 20 heavy (non-hydrogen) atoms. The summed E-state index contributed by atoms with van der Waals surface area (Å²) in [6.45, 7) is 13.1. The number of piperazine rings is 1. The number of carbonyl (C=O) groups excluding carboxylic acids is 1. The van der Waals surface area contributed by atoms with Crippen molar-refractivity contribution in [2.45, 2.75) is 33.3 Å². The summed E-state index contributed by atoms with van der Waals surface area (Å²) < 4.78 is 0. The normalized spacial score (nSPS) is 23.5. The van der Waals surface area contributed by atoms with E-state index < -0.39 is 0 Å². The molecule has 0 aromatic heterocycles. The third-order valence-electron chi connectivity index (χ3n) is 4.46. The molecule has 2 aliphatic heterocycles. The smallest absolute Gasteiger partial charge is 0.236 e. The monoisotopic (exact) mass is 283 g/mol. The van der Waals surface area contributed by atoms with E-state index in [1.54, 1.807) is 0 Å². The molecule has 2 fully saturated rings. The quantitative estimate of drug-likeness (QED) is 0.803. The lowest BCUT2D eigenvalue weighted by atomic mass is 9.89. The van der Waals surface area contributed by atoms with Crippen LogP contribution in [0.4, 0.5) is 0 Å². The maximum absolute atomic E-state index is 11.9. The van der Waals surface area contributed by atoms with Crippen LogP contribution in [0.25, 0.3) is 0 Å². The number of amides is 1. The van der Waals surface area contributed by atoms with Gasteiger partial charge in [0.1, 0.15) is 0 Å². The highest BCUT2D eigenvalue weighted by Gasteiger charge is 2.28. The molecule has 0 radical (unpaired) electrons. The number of β-amino-alcohol motifs (C(OH)–C–C–N with tert-alkyl or cyclic N) is 1. The highest BCUT2D eigenvalue weighted by Crippen LogP contribution is 2.20. The SMILES string of the molecule is CC(C)(C)[C@H](O)CN1CCN(CC(=O)N2CCC2)CC1. The molecule has 0 aromatic carbocycles. The Morgan fingerprint density at radius 3 is 2.05 bits per heavy atom. The molecule has 0 aromatic rings. The van der Waals surface area contributed by atoms with E-state index in [0.29, 0.717) is 6.54 Å². The summed E-state index contributed by atoms with van der Waals surface area (Å²) in [7, 11) is 0. The minimum Gasteiger partial charge on any atom is -0.391 e. The van der Waals surface area contributed by atoms with Gasteiger partial charge in [0.15, 0.2) is 0 Å². The van der Waals surface area contributed by atoms with E-state index in [9.17, 15) is 9.90 Å². The van der Waals surface area contributed by atoms with E-state index in [1.807, 2.05) is 4.90 Å². The summed E-state index contributed by atoms with van der Waals surface area (Å²) in [5.74, 6) is 0.277. The summed E-state index contributed by atoms with van der Waals surface area (Å²) in [5, 5.41) is 10.1. The minimum atomic E-state index is -0.295. The fourth-order valence-electron chi connectivity index (χ4n) is 2.51. The average Bonchev–Trinajstić information content (AvgIpc) is 2.28. The summed E-state index contributed by atoms with van der Waals surface area (Å²) >= 11 is 0. The Hall–Kier alpha value is -0.650. The largest absolute Gasteiger partial charge is 0.391 e. The van der Waals surface area contributed by atoms with Crippen LogP contribution in [-0.2, 0) is 4.79 Å². The fraction of sp³-hybridized carbons (Fsp3) is 0.933. The van der Waals surface area contributed by atoms with E-state index >= 15 is 0 Å². The van der Waals surface area contributed by atoms with Gasteiger partial charge in [0.05, 0.1) is 12.6 Å². The molecule has 0 spiro atoms. The molecular formula is C15H29N3O2.